The van der Waals surface area contributed by atoms with Gasteiger partial charge in [0.05, 0.1) is 20.8 Å². The van der Waals surface area contributed by atoms with Gasteiger partial charge in [0, 0.05) is 6.42 Å². The van der Waals surface area contributed by atoms with E-state index in [9.17, 15) is 4.39 Å². The quantitative estimate of drug-likeness (QED) is 0.779. The Kier molecular flexibility index (Phi) is 4.52. The van der Waals surface area contributed by atoms with Crippen molar-refractivity contribution in [3.63, 3.8) is 0 Å². The normalized spacial score (nSPS) is 10.3. The van der Waals surface area contributed by atoms with Crippen LogP contribution in [0.3, 0.4) is 0 Å². The van der Waals surface area contributed by atoms with Crippen molar-refractivity contribution in [1.29, 1.82) is 0 Å². The number of aryl methyl sites for hydroxylation is 1. The third-order valence-corrected chi connectivity index (χ3v) is 2.33. The number of halogens is 1. The van der Waals surface area contributed by atoms with E-state index in [1.54, 1.807) is 6.07 Å². The highest BCUT2D eigenvalue weighted by atomic mass is 19.1. The molecule has 0 amide bonds. The molecule has 0 radical (unpaired) electrons. The highest BCUT2D eigenvalue weighted by molar-refractivity contribution is 5.50. The Morgan fingerprint density at radius 1 is 1.25 bits per heavy atom. The van der Waals surface area contributed by atoms with Gasteiger partial charge in [-0.2, -0.15) is 0 Å². The predicted octanol–water partition coefficient (Wildman–Crippen LogP) is 1.58. The summed E-state index contributed by atoms with van der Waals surface area (Å²) in [5.74, 6) is 5.02. The van der Waals surface area contributed by atoms with Crippen molar-refractivity contribution in [3.8, 4) is 11.5 Å². The van der Waals surface area contributed by atoms with Crippen LogP contribution in [0.5, 0.6) is 11.5 Å². The van der Waals surface area contributed by atoms with Gasteiger partial charge in [-0.1, -0.05) is 0 Å². The molecule has 0 fully saturated rings. The summed E-state index contributed by atoms with van der Waals surface area (Å²) in [7, 11) is 2.89. The molecule has 0 bridgehead atoms. The van der Waals surface area contributed by atoms with Gasteiger partial charge in [-0.3, -0.25) is 0 Å². The van der Waals surface area contributed by atoms with Crippen LogP contribution in [0.25, 0.3) is 0 Å². The molecule has 1 aromatic carbocycles. The number of hydrogen-bond donors (Lipinski definition) is 1. The second kappa shape index (κ2) is 5.67. The van der Waals surface area contributed by atoms with Crippen LogP contribution in [-0.4, -0.2) is 20.8 Å². The fourth-order valence-corrected chi connectivity index (χ4v) is 1.60. The first-order valence-electron chi connectivity index (χ1n) is 4.87. The molecular formula is C11H16FNO3. The molecule has 0 aliphatic heterocycles. The Labute approximate surface area is 94.1 Å². The smallest absolute Gasteiger partial charge is 0.197 e. The van der Waals surface area contributed by atoms with Crippen molar-refractivity contribution < 1.29 is 18.7 Å². The average Bonchev–Trinajstić information content (AvgIpc) is 2.29. The Hall–Kier alpha value is -1.33. The lowest BCUT2D eigenvalue weighted by Gasteiger charge is -2.14. The predicted molar refractivity (Wildman–Crippen MR) is 58.1 cm³/mol. The van der Waals surface area contributed by atoms with Gasteiger partial charge in [0.15, 0.2) is 17.3 Å². The molecule has 0 saturated heterocycles. The van der Waals surface area contributed by atoms with Crippen LogP contribution in [0.1, 0.15) is 11.1 Å². The van der Waals surface area contributed by atoms with Crippen molar-refractivity contribution in [2.24, 2.45) is 5.90 Å². The molecule has 2 N–H and O–H groups in total. The second-order valence-corrected chi connectivity index (χ2v) is 3.35. The van der Waals surface area contributed by atoms with Crippen LogP contribution in [0.4, 0.5) is 4.39 Å². The maximum Gasteiger partial charge on any atom is 0.197 e. The third kappa shape index (κ3) is 2.43. The van der Waals surface area contributed by atoms with Gasteiger partial charge in [-0.15, -0.1) is 0 Å². The molecule has 1 aromatic rings. The van der Waals surface area contributed by atoms with Crippen molar-refractivity contribution in [2.45, 2.75) is 13.3 Å². The van der Waals surface area contributed by atoms with Gasteiger partial charge >= 0.3 is 0 Å². The summed E-state index contributed by atoms with van der Waals surface area (Å²) < 4.78 is 24.0. The Balaban J connectivity index is 3.17. The summed E-state index contributed by atoms with van der Waals surface area (Å²) in [6.07, 6.45) is 0.392. The van der Waals surface area contributed by atoms with E-state index in [1.807, 2.05) is 6.92 Å². The molecule has 0 spiro atoms. The van der Waals surface area contributed by atoms with Crippen LogP contribution in [0.2, 0.25) is 0 Å². The average molecular weight is 229 g/mol. The number of hydrogen-bond acceptors (Lipinski definition) is 4. The molecule has 0 heterocycles. The highest BCUT2D eigenvalue weighted by Gasteiger charge is 2.17. The number of nitrogens with two attached hydrogens (primary N) is 1. The minimum Gasteiger partial charge on any atom is -0.492 e. The molecule has 1 rings (SSSR count). The van der Waals surface area contributed by atoms with Crippen molar-refractivity contribution >= 4 is 0 Å². The lowest BCUT2D eigenvalue weighted by atomic mass is 10.1. The van der Waals surface area contributed by atoms with E-state index in [4.69, 9.17) is 15.4 Å². The molecule has 0 atom stereocenters. The zero-order chi connectivity index (χ0) is 12.1. The fourth-order valence-electron chi connectivity index (χ4n) is 1.60. The fraction of sp³-hybridized carbons (Fsp3) is 0.455. The minimum absolute atomic E-state index is 0.120. The second-order valence-electron chi connectivity index (χ2n) is 3.35. The summed E-state index contributed by atoms with van der Waals surface area (Å²) in [5, 5.41) is 0. The Morgan fingerprint density at radius 3 is 2.38 bits per heavy atom. The first-order valence-corrected chi connectivity index (χ1v) is 4.87. The maximum absolute atomic E-state index is 13.9. The van der Waals surface area contributed by atoms with Crippen molar-refractivity contribution in [1.82, 2.24) is 0 Å². The highest BCUT2D eigenvalue weighted by Crippen LogP contribution is 2.35. The molecule has 4 nitrogen and oxygen atoms in total. The monoisotopic (exact) mass is 229 g/mol. The standard InChI is InChI=1S/C11H16FNO3/c1-7-6-8(4-5-16-13)9(12)11(15-3)10(7)14-2/h6H,4-5,13H2,1-3H3. The zero-order valence-electron chi connectivity index (χ0n) is 9.67. The number of benzene rings is 1. The SMILES string of the molecule is COc1c(C)cc(CCON)c(F)c1OC. The Morgan fingerprint density at radius 2 is 1.88 bits per heavy atom. The van der Waals surface area contributed by atoms with E-state index < -0.39 is 5.82 Å². The molecular weight excluding hydrogens is 213 g/mol. The molecule has 0 saturated carbocycles. The molecule has 0 aromatic heterocycles. The summed E-state index contributed by atoms with van der Waals surface area (Å²) in [5.41, 5.74) is 1.31. The van der Waals surface area contributed by atoms with Crippen LogP contribution in [0.15, 0.2) is 6.07 Å². The summed E-state index contributed by atoms with van der Waals surface area (Å²) in [4.78, 5) is 4.43. The van der Waals surface area contributed by atoms with E-state index in [0.717, 1.165) is 5.56 Å². The summed E-state index contributed by atoms with van der Waals surface area (Å²) in [6, 6.07) is 1.70. The van der Waals surface area contributed by atoms with Gasteiger partial charge in [-0.05, 0) is 24.1 Å². The first kappa shape index (κ1) is 12.7. The lowest BCUT2D eigenvalue weighted by Crippen LogP contribution is -2.07. The van der Waals surface area contributed by atoms with Crippen LogP contribution >= 0.6 is 0 Å². The molecule has 0 aliphatic rings. The van der Waals surface area contributed by atoms with E-state index in [-0.39, 0.29) is 12.4 Å². The zero-order valence-corrected chi connectivity index (χ0v) is 9.67. The van der Waals surface area contributed by atoms with Gasteiger partial charge in [0.1, 0.15) is 0 Å². The van der Waals surface area contributed by atoms with E-state index >= 15 is 0 Å². The van der Waals surface area contributed by atoms with Gasteiger partial charge in [0.25, 0.3) is 0 Å². The summed E-state index contributed by atoms with van der Waals surface area (Å²) in [6.45, 7) is 2.08. The van der Waals surface area contributed by atoms with Gasteiger partial charge < -0.3 is 14.3 Å². The van der Waals surface area contributed by atoms with E-state index in [2.05, 4.69) is 4.84 Å². The maximum atomic E-state index is 13.9. The first-order chi connectivity index (χ1) is 7.65. The van der Waals surface area contributed by atoms with Crippen LogP contribution in [0, 0.1) is 12.7 Å². The van der Waals surface area contributed by atoms with Crippen molar-refractivity contribution in [3.05, 3.63) is 23.0 Å². The minimum atomic E-state index is -0.429. The molecule has 16 heavy (non-hydrogen) atoms. The topological polar surface area (TPSA) is 53.7 Å². The molecule has 5 heteroatoms. The molecule has 90 valence electrons. The van der Waals surface area contributed by atoms with E-state index in [0.29, 0.717) is 17.7 Å². The third-order valence-electron chi connectivity index (χ3n) is 2.33. The lowest BCUT2D eigenvalue weighted by molar-refractivity contribution is 0.140. The van der Waals surface area contributed by atoms with Gasteiger partial charge in [0.2, 0.25) is 0 Å². The van der Waals surface area contributed by atoms with Crippen molar-refractivity contribution in [2.75, 3.05) is 20.8 Å². The van der Waals surface area contributed by atoms with Crippen LogP contribution < -0.4 is 15.4 Å². The number of rotatable bonds is 5. The molecule has 0 aliphatic carbocycles. The summed E-state index contributed by atoms with van der Waals surface area (Å²) >= 11 is 0. The van der Waals surface area contributed by atoms with Gasteiger partial charge in [-0.25, -0.2) is 10.3 Å². The molecule has 0 unspecified atom stereocenters. The Bertz CT molecular complexity index is 369. The van der Waals surface area contributed by atoms with E-state index in [1.165, 1.54) is 14.2 Å². The number of methoxy groups -OCH3 is 2. The number of ether oxygens (including phenoxy) is 2. The largest absolute Gasteiger partial charge is 0.492 e. The van der Waals surface area contributed by atoms with Crippen LogP contribution in [-0.2, 0) is 11.3 Å².